The summed E-state index contributed by atoms with van der Waals surface area (Å²) in [7, 11) is 0. The van der Waals surface area contributed by atoms with Crippen LogP contribution >= 0.6 is 0 Å². The zero-order chi connectivity index (χ0) is 9.97. The van der Waals surface area contributed by atoms with Crippen molar-refractivity contribution in [2.45, 2.75) is 57.5 Å². The highest BCUT2D eigenvalue weighted by molar-refractivity contribution is 5.00. The Labute approximate surface area is 86.7 Å². The van der Waals surface area contributed by atoms with Crippen molar-refractivity contribution < 1.29 is 0 Å². The van der Waals surface area contributed by atoms with Crippen LogP contribution in [0, 0.1) is 23.2 Å². The van der Waals surface area contributed by atoms with Gasteiger partial charge in [0, 0.05) is 6.04 Å². The lowest BCUT2D eigenvalue weighted by molar-refractivity contribution is 0.255. The standard InChI is InChI=1S/C12H20N2/c1-9-2-4-10(5-3-9)12(8-13)14-11-6-7-11/h9-12,14H,2-7H2,1H3. The van der Waals surface area contributed by atoms with Gasteiger partial charge in [0.05, 0.1) is 12.1 Å². The number of rotatable bonds is 3. The first kappa shape index (κ1) is 9.98. The van der Waals surface area contributed by atoms with E-state index in [2.05, 4.69) is 18.3 Å². The summed E-state index contributed by atoms with van der Waals surface area (Å²) in [6, 6.07) is 3.25. The molecule has 2 saturated carbocycles. The van der Waals surface area contributed by atoms with Gasteiger partial charge in [-0.05, 0) is 37.5 Å². The summed E-state index contributed by atoms with van der Waals surface area (Å²) in [5, 5.41) is 12.6. The Morgan fingerprint density at radius 2 is 1.79 bits per heavy atom. The number of nitrogens with one attached hydrogen (secondary N) is 1. The molecule has 1 N–H and O–H groups in total. The third kappa shape index (κ3) is 2.48. The first-order valence-electron chi connectivity index (χ1n) is 5.95. The van der Waals surface area contributed by atoms with Crippen molar-refractivity contribution >= 4 is 0 Å². The Kier molecular flexibility index (Phi) is 3.08. The molecule has 2 nitrogen and oxygen atoms in total. The van der Waals surface area contributed by atoms with Crippen molar-refractivity contribution in [2.24, 2.45) is 11.8 Å². The predicted octanol–water partition coefficient (Wildman–Crippen LogP) is 2.46. The van der Waals surface area contributed by atoms with Gasteiger partial charge in [-0.2, -0.15) is 5.26 Å². The molecule has 1 atom stereocenters. The van der Waals surface area contributed by atoms with E-state index in [0.717, 1.165) is 5.92 Å². The maximum atomic E-state index is 9.11. The van der Waals surface area contributed by atoms with Gasteiger partial charge < -0.3 is 0 Å². The van der Waals surface area contributed by atoms with Crippen LogP contribution in [0.2, 0.25) is 0 Å². The molecule has 0 aromatic heterocycles. The highest BCUT2D eigenvalue weighted by Gasteiger charge is 2.30. The van der Waals surface area contributed by atoms with Crippen LogP contribution < -0.4 is 5.32 Å². The van der Waals surface area contributed by atoms with Crippen molar-refractivity contribution in [3.8, 4) is 6.07 Å². The summed E-state index contributed by atoms with van der Waals surface area (Å²) in [4.78, 5) is 0. The summed E-state index contributed by atoms with van der Waals surface area (Å²) < 4.78 is 0. The second-order valence-electron chi connectivity index (χ2n) is 5.07. The van der Waals surface area contributed by atoms with Gasteiger partial charge in [0.1, 0.15) is 0 Å². The van der Waals surface area contributed by atoms with E-state index in [0.29, 0.717) is 12.0 Å². The molecular formula is C12H20N2. The summed E-state index contributed by atoms with van der Waals surface area (Å²) in [5.74, 6) is 1.50. The van der Waals surface area contributed by atoms with E-state index in [9.17, 15) is 0 Å². The molecule has 2 aliphatic carbocycles. The lowest BCUT2D eigenvalue weighted by Gasteiger charge is -2.29. The van der Waals surface area contributed by atoms with E-state index >= 15 is 0 Å². The minimum absolute atomic E-state index is 0.134. The molecule has 0 radical (unpaired) electrons. The Morgan fingerprint density at radius 1 is 1.14 bits per heavy atom. The molecule has 0 aliphatic heterocycles. The number of nitrogens with zero attached hydrogens (tertiary/aromatic N) is 1. The summed E-state index contributed by atoms with van der Waals surface area (Å²) in [6.45, 7) is 2.33. The third-order valence-electron chi connectivity index (χ3n) is 3.66. The van der Waals surface area contributed by atoms with Crippen LogP contribution in [0.4, 0.5) is 0 Å². The monoisotopic (exact) mass is 192 g/mol. The van der Waals surface area contributed by atoms with E-state index in [-0.39, 0.29) is 6.04 Å². The first-order valence-corrected chi connectivity index (χ1v) is 5.95. The zero-order valence-electron chi connectivity index (χ0n) is 9.00. The quantitative estimate of drug-likeness (QED) is 0.745. The average Bonchev–Trinajstić information content (AvgIpc) is 3.00. The fourth-order valence-electron chi connectivity index (χ4n) is 2.40. The molecule has 0 amide bonds. The normalized spacial score (nSPS) is 34.9. The minimum Gasteiger partial charge on any atom is -0.299 e. The van der Waals surface area contributed by atoms with Gasteiger partial charge in [-0.3, -0.25) is 5.32 Å². The molecule has 0 aromatic carbocycles. The van der Waals surface area contributed by atoms with Crippen LogP contribution in [0.15, 0.2) is 0 Å². The fraction of sp³-hybridized carbons (Fsp3) is 0.917. The van der Waals surface area contributed by atoms with Crippen molar-refractivity contribution in [1.82, 2.24) is 5.32 Å². The summed E-state index contributed by atoms with van der Waals surface area (Å²) in [6.07, 6.45) is 7.69. The van der Waals surface area contributed by atoms with Crippen LogP contribution in [0.1, 0.15) is 45.4 Å². The van der Waals surface area contributed by atoms with Gasteiger partial charge in [-0.15, -0.1) is 0 Å². The minimum atomic E-state index is 0.134. The summed E-state index contributed by atoms with van der Waals surface area (Å²) in [5.41, 5.74) is 0. The fourth-order valence-corrected chi connectivity index (χ4v) is 2.40. The first-order chi connectivity index (χ1) is 6.79. The second-order valence-corrected chi connectivity index (χ2v) is 5.07. The maximum absolute atomic E-state index is 9.11. The molecule has 0 aromatic rings. The number of nitriles is 1. The highest BCUT2D eigenvalue weighted by Crippen LogP contribution is 2.31. The molecule has 14 heavy (non-hydrogen) atoms. The molecule has 2 aliphatic rings. The Bertz CT molecular complexity index is 219. The van der Waals surface area contributed by atoms with E-state index in [1.807, 2.05) is 0 Å². The zero-order valence-corrected chi connectivity index (χ0v) is 9.00. The van der Waals surface area contributed by atoms with Crippen molar-refractivity contribution in [3.05, 3.63) is 0 Å². The smallest absolute Gasteiger partial charge is 0.0983 e. The third-order valence-corrected chi connectivity index (χ3v) is 3.66. The van der Waals surface area contributed by atoms with Crippen LogP contribution in [0.3, 0.4) is 0 Å². The van der Waals surface area contributed by atoms with Gasteiger partial charge in [0.2, 0.25) is 0 Å². The van der Waals surface area contributed by atoms with E-state index in [1.165, 1.54) is 38.5 Å². The highest BCUT2D eigenvalue weighted by atomic mass is 15.0. The van der Waals surface area contributed by atoms with Gasteiger partial charge in [-0.25, -0.2) is 0 Å². The van der Waals surface area contributed by atoms with Gasteiger partial charge in [0.25, 0.3) is 0 Å². The van der Waals surface area contributed by atoms with E-state index in [4.69, 9.17) is 5.26 Å². The van der Waals surface area contributed by atoms with Crippen LogP contribution in [-0.4, -0.2) is 12.1 Å². The van der Waals surface area contributed by atoms with Gasteiger partial charge >= 0.3 is 0 Å². The maximum Gasteiger partial charge on any atom is 0.0983 e. The lowest BCUT2D eigenvalue weighted by Crippen LogP contribution is -2.38. The topological polar surface area (TPSA) is 35.8 Å². The second kappa shape index (κ2) is 4.31. The Balaban J connectivity index is 1.82. The molecule has 0 heterocycles. The largest absolute Gasteiger partial charge is 0.299 e. The SMILES string of the molecule is CC1CCC(C(C#N)NC2CC2)CC1. The number of hydrogen-bond acceptors (Lipinski definition) is 2. The van der Waals surface area contributed by atoms with Crippen molar-refractivity contribution in [2.75, 3.05) is 0 Å². The van der Waals surface area contributed by atoms with E-state index < -0.39 is 0 Å². The lowest BCUT2D eigenvalue weighted by atomic mass is 9.79. The molecule has 1 unspecified atom stereocenters. The predicted molar refractivity (Wildman–Crippen MR) is 56.7 cm³/mol. The number of hydrogen-bond donors (Lipinski definition) is 1. The van der Waals surface area contributed by atoms with Gasteiger partial charge in [0.15, 0.2) is 0 Å². The Hall–Kier alpha value is -0.550. The molecule has 0 bridgehead atoms. The van der Waals surface area contributed by atoms with Crippen molar-refractivity contribution in [3.63, 3.8) is 0 Å². The van der Waals surface area contributed by atoms with Gasteiger partial charge in [-0.1, -0.05) is 19.8 Å². The molecule has 2 rings (SSSR count). The molecule has 78 valence electrons. The Morgan fingerprint density at radius 3 is 2.29 bits per heavy atom. The van der Waals surface area contributed by atoms with Crippen LogP contribution in [0.25, 0.3) is 0 Å². The summed E-state index contributed by atoms with van der Waals surface area (Å²) >= 11 is 0. The van der Waals surface area contributed by atoms with Crippen molar-refractivity contribution in [1.29, 1.82) is 5.26 Å². The molecular weight excluding hydrogens is 172 g/mol. The molecule has 2 fully saturated rings. The van der Waals surface area contributed by atoms with Crippen LogP contribution in [-0.2, 0) is 0 Å². The molecule has 2 heteroatoms. The van der Waals surface area contributed by atoms with E-state index in [1.54, 1.807) is 0 Å². The molecule has 0 spiro atoms. The van der Waals surface area contributed by atoms with Crippen LogP contribution in [0.5, 0.6) is 0 Å². The molecule has 0 saturated heterocycles. The average molecular weight is 192 g/mol.